The average molecular weight is 280 g/mol. The number of nitriles is 1. The lowest BCUT2D eigenvalue weighted by Gasteiger charge is -2.31. The van der Waals surface area contributed by atoms with Gasteiger partial charge in [0, 0.05) is 24.6 Å². The molecule has 20 heavy (non-hydrogen) atoms. The summed E-state index contributed by atoms with van der Waals surface area (Å²) in [6, 6.07) is 4.76. The van der Waals surface area contributed by atoms with Gasteiger partial charge in [0.15, 0.2) is 17.4 Å². The van der Waals surface area contributed by atoms with Crippen LogP contribution in [0.15, 0.2) is 18.2 Å². The number of hydrogen-bond acceptors (Lipinski definition) is 3. The van der Waals surface area contributed by atoms with Gasteiger partial charge in [-0.1, -0.05) is 0 Å². The van der Waals surface area contributed by atoms with Gasteiger partial charge in [-0.2, -0.15) is 5.26 Å². The Morgan fingerprint density at radius 2 is 1.95 bits per heavy atom. The maximum atomic E-state index is 13.2. The maximum absolute atomic E-state index is 13.2. The molecular formula is C15H18F2N2O. The second-order valence-corrected chi connectivity index (χ2v) is 4.91. The molecule has 0 aliphatic rings. The molecule has 0 radical (unpaired) electrons. The Morgan fingerprint density at radius 3 is 2.45 bits per heavy atom. The van der Waals surface area contributed by atoms with Gasteiger partial charge in [0.1, 0.15) is 0 Å². The van der Waals surface area contributed by atoms with Crippen molar-refractivity contribution in [2.75, 3.05) is 6.54 Å². The number of carbonyl (C=O) groups excluding carboxylic acids is 1. The minimum Gasteiger partial charge on any atom is -0.292 e. The van der Waals surface area contributed by atoms with Crippen LogP contribution in [0.5, 0.6) is 0 Å². The molecule has 1 aromatic carbocycles. The van der Waals surface area contributed by atoms with E-state index < -0.39 is 17.7 Å². The molecular weight excluding hydrogens is 262 g/mol. The predicted molar refractivity (Wildman–Crippen MR) is 72.2 cm³/mol. The highest BCUT2D eigenvalue weighted by molar-refractivity contribution is 5.99. The summed E-state index contributed by atoms with van der Waals surface area (Å²) in [6.45, 7) is 6.02. The van der Waals surface area contributed by atoms with Crippen molar-refractivity contribution in [3.63, 3.8) is 0 Å². The first-order chi connectivity index (χ1) is 9.38. The average Bonchev–Trinajstić information content (AvgIpc) is 2.41. The highest BCUT2D eigenvalue weighted by Gasteiger charge is 2.24. The molecule has 0 heterocycles. The van der Waals surface area contributed by atoms with Gasteiger partial charge in [0.25, 0.3) is 0 Å². The van der Waals surface area contributed by atoms with Crippen molar-refractivity contribution in [1.82, 2.24) is 4.90 Å². The van der Waals surface area contributed by atoms with Gasteiger partial charge in [-0.25, -0.2) is 8.78 Å². The van der Waals surface area contributed by atoms with Crippen LogP contribution in [0.4, 0.5) is 8.78 Å². The van der Waals surface area contributed by atoms with Crippen LogP contribution in [-0.4, -0.2) is 29.3 Å². The smallest absolute Gasteiger partial charge is 0.179 e. The van der Waals surface area contributed by atoms with E-state index in [1.165, 1.54) is 6.07 Å². The first-order valence-corrected chi connectivity index (χ1v) is 6.50. The van der Waals surface area contributed by atoms with Crippen LogP contribution < -0.4 is 0 Å². The van der Waals surface area contributed by atoms with Crippen LogP contribution in [0.25, 0.3) is 0 Å². The van der Waals surface area contributed by atoms with Gasteiger partial charge in [-0.05, 0) is 39.0 Å². The molecule has 0 amide bonds. The normalized spacial score (nSPS) is 12.5. The van der Waals surface area contributed by atoms with Gasteiger partial charge in [-0.15, -0.1) is 0 Å². The quantitative estimate of drug-likeness (QED) is 0.752. The minimum atomic E-state index is -1.03. The molecule has 1 atom stereocenters. The fraction of sp³-hybridized carbons (Fsp3) is 0.467. The molecule has 0 aromatic heterocycles. The van der Waals surface area contributed by atoms with Gasteiger partial charge >= 0.3 is 0 Å². The monoisotopic (exact) mass is 280 g/mol. The summed E-state index contributed by atoms with van der Waals surface area (Å²) in [4.78, 5) is 14.2. The molecule has 0 fully saturated rings. The van der Waals surface area contributed by atoms with Crippen LogP contribution in [0.3, 0.4) is 0 Å². The number of rotatable bonds is 6. The summed E-state index contributed by atoms with van der Waals surface area (Å²) in [5.41, 5.74) is 0.138. The standard InChI is InChI=1S/C15H18F2N2O/c1-10(2)19(8-4-7-18)11(3)15(20)12-5-6-13(16)14(17)9-12/h5-6,9-11H,4,8H2,1-3H3. The number of carbonyl (C=O) groups is 1. The van der Waals surface area contributed by atoms with Crippen molar-refractivity contribution in [2.24, 2.45) is 0 Å². The highest BCUT2D eigenvalue weighted by Crippen LogP contribution is 2.15. The Bertz CT molecular complexity index is 523. The number of benzene rings is 1. The van der Waals surface area contributed by atoms with Crippen LogP contribution in [-0.2, 0) is 0 Å². The number of ketones is 1. The second-order valence-electron chi connectivity index (χ2n) is 4.91. The molecule has 0 aliphatic carbocycles. The van der Waals surface area contributed by atoms with Crippen molar-refractivity contribution in [3.05, 3.63) is 35.4 Å². The molecule has 0 N–H and O–H groups in total. The third-order valence-corrected chi connectivity index (χ3v) is 3.23. The largest absolute Gasteiger partial charge is 0.292 e. The molecule has 0 spiro atoms. The number of halogens is 2. The molecule has 5 heteroatoms. The van der Waals surface area contributed by atoms with E-state index in [9.17, 15) is 13.6 Å². The Kier molecular flexibility index (Phi) is 5.78. The number of hydrogen-bond donors (Lipinski definition) is 0. The van der Waals surface area contributed by atoms with Crippen LogP contribution >= 0.6 is 0 Å². The molecule has 1 rings (SSSR count). The molecule has 0 aliphatic heterocycles. The SMILES string of the molecule is CC(C)N(CCC#N)C(C)C(=O)c1ccc(F)c(F)c1. The Morgan fingerprint density at radius 1 is 1.30 bits per heavy atom. The predicted octanol–water partition coefficient (Wildman–Crippen LogP) is 3.16. The van der Waals surface area contributed by atoms with Gasteiger partial charge in [0.2, 0.25) is 0 Å². The highest BCUT2D eigenvalue weighted by atomic mass is 19.2. The molecule has 108 valence electrons. The van der Waals surface area contributed by atoms with Crippen molar-refractivity contribution in [3.8, 4) is 6.07 Å². The second kappa shape index (κ2) is 7.11. The molecule has 0 saturated heterocycles. The number of nitrogens with zero attached hydrogens (tertiary/aromatic N) is 2. The Balaban J connectivity index is 2.93. The van der Waals surface area contributed by atoms with E-state index in [4.69, 9.17) is 5.26 Å². The van der Waals surface area contributed by atoms with Gasteiger partial charge in [0.05, 0.1) is 12.1 Å². The lowest BCUT2D eigenvalue weighted by molar-refractivity contribution is 0.0792. The van der Waals surface area contributed by atoms with E-state index in [-0.39, 0.29) is 17.4 Å². The summed E-state index contributed by atoms with van der Waals surface area (Å²) in [7, 11) is 0. The molecule has 1 aromatic rings. The van der Waals surface area contributed by atoms with Gasteiger partial charge in [-0.3, -0.25) is 9.69 Å². The third kappa shape index (κ3) is 3.84. The summed E-state index contributed by atoms with van der Waals surface area (Å²) in [6.07, 6.45) is 0.313. The molecule has 3 nitrogen and oxygen atoms in total. The Labute approximate surface area is 117 Å². The Hall–Kier alpha value is -1.80. The molecule has 0 bridgehead atoms. The van der Waals surface area contributed by atoms with Gasteiger partial charge < -0.3 is 0 Å². The van der Waals surface area contributed by atoms with E-state index >= 15 is 0 Å². The summed E-state index contributed by atoms with van der Waals surface area (Å²) in [5.74, 6) is -2.29. The van der Waals surface area contributed by atoms with E-state index in [1.54, 1.807) is 6.92 Å². The zero-order valence-corrected chi connectivity index (χ0v) is 11.9. The minimum absolute atomic E-state index is 0.0765. The fourth-order valence-electron chi connectivity index (χ4n) is 2.12. The van der Waals surface area contributed by atoms with Crippen LogP contribution in [0, 0.1) is 23.0 Å². The number of Topliss-reactive ketones (excluding diaryl/α,β-unsaturated/α-hetero) is 1. The topological polar surface area (TPSA) is 44.1 Å². The van der Waals surface area contributed by atoms with Crippen LogP contribution in [0.1, 0.15) is 37.6 Å². The van der Waals surface area contributed by atoms with E-state index in [2.05, 4.69) is 0 Å². The first-order valence-electron chi connectivity index (χ1n) is 6.50. The zero-order valence-electron chi connectivity index (χ0n) is 11.9. The van der Waals surface area contributed by atoms with Crippen molar-refractivity contribution >= 4 is 5.78 Å². The third-order valence-electron chi connectivity index (χ3n) is 3.23. The summed E-state index contributed by atoms with van der Waals surface area (Å²) < 4.78 is 26.1. The van der Waals surface area contributed by atoms with Crippen molar-refractivity contribution in [1.29, 1.82) is 5.26 Å². The lowest BCUT2D eigenvalue weighted by Crippen LogP contribution is -2.44. The van der Waals surface area contributed by atoms with Crippen molar-refractivity contribution in [2.45, 2.75) is 39.3 Å². The maximum Gasteiger partial charge on any atom is 0.179 e. The van der Waals surface area contributed by atoms with Crippen molar-refractivity contribution < 1.29 is 13.6 Å². The zero-order chi connectivity index (χ0) is 15.3. The lowest BCUT2D eigenvalue weighted by atomic mass is 10.0. The van der Waals surface area contributed by atoms with E-state index in [1.807, 2.05) is 24.8 Å². The first kappa shape index (κ1) is 16.3. The van der Waals surface area contributed by atoms with Crippen LogP contribution in [0.2, 0.25) is 0 Å². The molecule has 1 unspecified atom stereocenters. The summed E-state index contributed by atoms with van der Waals surface area (Å²) in [5, 5.41) is 8.65. The molecule has 0 saturated carbocycles. The summed E-state index contributed by atoms with van der Waals surface area (Å²) >= 11 is 0. The fourth-order valence-corrected chi connectivity index (χ4v) is 2.12. The van der Waals surface area contributed by atoms with E-state index in [0.29, 0.717) is 13.0 Å². The van der Waals surface area contributed by atoms with E-state index in [0.717, 1.165) is 12.1 Å².